The van der Waals surface area contributed by atoms with Crippen LogP contribution in [0, 0.1) is 10.5 Å². The lowest BCUT2D eigenvalue weighted by molar-refractivity contribution is 0.527. The quantitative estimate of drug-likeness (QED) is 0.695. The smallest absolute Gasteiger partial charge is 0.136 e. The highest BCUT2D eigenvalue weighted by atomic mass is 127. The highest BCUT2D eigenvalue weighted by Gasteiger charge is 2.20. The normalized spacial score (nSPS) is 13.0. The summed E-state index contributed by atoms with van der Waals surface area (Å²) in [6.45, 7) is 4.04. The van der Waals surface area contributed by atoms with Gasteiger partial charge >= 0.3 is 0 Å². The topological polar surface area (TPSA) is 61.7 Å². The standard InChI is InChI=1S/C14H16IN5/c1-8-12(15)13(16)20(18-8)9(2)14-17-10-6-4-5-7-11(10)19(14)3/h4-7,9H,16H2,1-3H3. The van der Waals surface area contributed by atoms with Gasteiger partial charge in [-0.15, -0.1) is 0 Å². The Labute approximate surface area is 130 Å². The van der Waals surface area contributed by atoms with Gasteiger partial charge in [-0.05, 0) is 48.6 Å². The zero-order chi connectivity index (χ0) is 14.4. The Morgan fingerprint density at radius 2 is 2.00 bits per heavy atom. The number of nitrogens with zero attached hydrogens (tertiary/aromatic N) is 4. The zero-order valence-corrected chi connectivity index (χ0v) is 13.8. The summed E-state index contributed by atoms with van der Waals surface area (Å²) in [5.74, 6) is 1.65. The van der Waals surface area contributed by atoms with Gasteiger partial charge in [-0.3, -0.25) is 0 Å². The maximum atomic E-state index is 6.14. The van der Waals surface area contributed by atoms with Gasteiger partial charge in [0.25, 0.3) is 0 Å². The lowest BCUT2D eigenvalue weighted by atomic mass is 10.3. The molecule has 2 heterocycles. The number of fused-ring (bicyclic) bond motifs is 1. The Kier molecular flexibility index (Phi) is 3.19. The van der Waals surface area contributed by atoms with Crippen molar-refractivity contribution in [1.82, 2.24) is 19.3 Å². The first-order valence-electron chi connectivity index (χ1n) is 6.42. The second-order valence-corrected chi connectivity index (χ2v) is 6.00. The molecule has 0 bridgehead atoms. The van der Waals surface area contributed by atoms with Crippen LogP contribution in [0.5, 0.6) is 0 Å². The number of nitrogen functional groups attached to an aromatic ring is 1. The number of benzene rings is 1. The molecular formula is C14H16IN5. The van der Waals surface area contributed by atoms with E-state index in [0.29, 0.717) is 5.82 Å². The van der Waals surface area contributed by atoms with E-state index in [1.54, 1.807) is 0 Å². The highest BCUT2D eigenvalue weighted by Crippen LogP contribution is 2.27. The van der Waals surface area contributed by atoms with Gasteiger partial charge < -0.3 is 10.3 Å². The summed E-state index contributed by atoms with van der Waals surface area (Å²) in [5.41, 5.74) is 9.21. The minimum Gasteiger partial charge on any atom is -0.383 e. The Morgan fingerprint density at radius 3 is 2.60 bits per heavy atom. The van der Waals surface area contributed by atoms with Crippen LogP contribution >= 0.6 is 22.6 Å². The Bertz CT molecular complexity index is 786. The van der Waals surface area contributed by atoms with Crippen LogP contribution in [-0.2, 0) is 7.05 Å². The van der Waals surface area contributed by atoms with E-state index in [2.05, 4.69) is 45.2 Å². The summed E-state index contributed by atoms with van der Waals surface area (Å²) in [6.07, 6.45) is 0. The predicted octanol–water partition coefficient (Wildman–Crippen LogP) is 2.87. The summed E-state index contributed by atoms with van der Waals surface area (Å²) in [5, 5.41) is 4.53. The number of aromatic nitrogens is 4. The number of hydrogen-bond acceptors (Lipinski definition) is 3. The van der Waals surface area contributed by atoms with E-state index >= 15 is 0 Å². The van der Waals surface area contributed by atoms with E-state index in [1.807, 2.05) is 36.9 Å². The molecule has 104 valence electrons. The molecule has 2 N–H and O–H groups in total. The highest BCUT2D eigenvalue weighted by molar-refractivity contribution is 14.1. The Balaban J connectivity index is 2.15. The molecule has 5 nitrogen and oxygen atoms in total. The third-order valence-corrected chi connectivity index (χ3v) is 4.94. The van der Waals surface area contributed by atoms with Crippen molar-refractivity contribution >= 4 is 39.4 Å². The van der Waals surface area contributed by atoms with Crippen LogP contribution in [0.1, 0.15) is 24.5 Å². The molecule has 0 spiro atoms. The fourth-order valence-corrected chi connectivity index (χ4v) is 2.84. The van der Waals surface area contributed by atoms with Crippen LogP contribution in [0.3, 0.4) is 0 Å². The molecule has 3 aromatic rings. The number of halogens is 1. The van der Waals surface area contributed by atoms with Gasteiger partial charge in [0.2, 0.25) is 0 Å². The van der Waals surface area contributed by atoms with Crippen LogP contribution in [0.2, 0.25) is 0 Å². The average molecular weight is 381 g/mol. The lowest BCUT2D eigenvalue weighted by Crippen LogP contribution is -2.15. The lowest BCUT2D eigenvalue weighted by Gasteiger charge is -2.14. The summed E-state index contributed by atoms with van der Waals surface area (Å²) < 4.78 is 4.95. The van der Waals surface area contributed by atoms with Crippen molar-refractivity contribution in [2.24, 2.45) is 7.05 Å². The van der Waals surface area contributed by atoms with Gasteiger partial charge in [-0.25, -0.2) is 9.67 Å². The molecule has 1 atom stereocenters. The summed E-state index contributed by atoms with van der Waals surface area (Å²) >= 11 is 2.23. The first kappa shape index (κ1) is 13.4. The van der Waals surface area contributed by atoms with E-state index in [4.69, 9.17) is 10.7 Å². The Morgan fingerprint density at radius 1 is 1.30 bits per heavy atom. The zero-order valence-electron chi connectivity index (χ0n) is 11.6. The van der Waals surface area contributed by atoms with Crippen LogP contribution in [0.15, 0.2) is 24.3 Å². The largest absolute Gasteiger partial charge is 0.383 e. The third kappa shape index (κ3) is 1.90. The SMILES string of the molecule is Cc1nn(C(C)c2nc3ccccc3n2C)c(N)c1I. The molecule has 0 saturated heterocycles. The maximum absolute atomic E-state index is 6.14. The molecule has 3 rings (SSSR count). The molecule has 0 aliphatic heterocycles. The van der Waals surface area contributed by atoms with Gasteiger partial charge in [0.05, 0.1) is 20.3 Å². The van der Waals surface area contributed by atoms with Gasteiger partial charge in [0.1, 0.15) is 17.7 Å². The third-order valence-electron chi connectivity index (χ3n) is 3.61. The van der Waals surface area contributed by atoms with Crippen molar-refractivity contribution in [1.29, 1.82) is 0 Å². The van der Waals surface area contributed by atoms with Crippen molar-refractivity contribution in [2.45, 2.75) is 19.9 Å². The number of rotatable bonds is 2. The molecule has 2 aromatic heterocycles. The molecule has 1 aromatic carbocycles. The van der Waals surface area contributed by atoms with E-state index in [1.165, 1.54) is 0 Å². The fraction of sp³-hybridized carbons (Fsp3) is 0.286. The van der Waals surface area contributed by atoms with E-state index < -0.39 is 0 Å². The number of imidazole rings is 1. The first-order chi connectivity index (χ1) is 9.50. The molecule has 1 unspecified atom stereocenters. The van der Waals surface area contributed by atoms with Gasteiger partial charge in [0.15, 0.2) is 0 Å². The number of para-hydroxylation sites is 2. The van der Waals surface area contributed by atoms with Gasteiger partial charge in [-0.2, -0.15) is 5.10 Å². The summed E-state index contributed by atoms with van der Waals surface area (Å²) in [7, 11) is 2.03. The monoisotopic (exact) mass is 381 g/mol. The molecule has 6 heteroatoms. The number of anilines is 1. The van der Waals surface area contributed by atoms with Gasteiger partial charge in [-0.1, -0.05) is 12.1 Å². The van der Waals surface area contributed by atoms with Crippen LogP contribution in [-0.4, -0.2) is 19.3 Å². The number of hydrogen-bond donors (Lipinski definition) is 1. The maximum Gasteiger partial charge on any atom is 0.136 e. The summed E-state index contributed by atoms with van der Waals surface area (Å²) in [4.78, 5) is 4.71. The number of nitrogens with two attached hydrogens (primary N) is 1. The van der Waals surface area contributed by atoms with Crippen molar-refractivity contribution in [2.75, 3.05) is 5.73 Å². The molecule has 0 saturated carbocycles. The second kappa shape index (κ2) is 4.76. The average Bonchev–Trinajstić information content (AvgIpc) is 2.91. The minimum absolute atomic E-state index is 0.00499. The number of aryl methyl sites for hydroxylation is 2. The molecule has 20 heavy (non-hydrogen) atoms. The summed E-state index contributed by atoms with van der Waals surface area (Å²) in [6, 6.07) is 8.11. The van der Waals surface area contributed by atoms with Crippen molar-refractivity contribution in [3.8, 4) is 0 Å². The first-order valence-corrected chi connectivity index (χ1v) is 7.50. The van der Waals surface area contributed by atoms with Crippen LogP contribution in [0.25, 0.3) is 11.0 Å². The fourth-order valence-electron chi connectivity index (χ4n) is 2.49. The van der Waals surface area contributed by atoms with Crippen molar-refractivity contribution in [3.05, 3.63) is 39.4 Å². The minimum atomic E-state index is -0.00499. The van der Waals surface area contributed by atoms with Crippen molar-refractivity contribution in [3.63, 3.8) is 0 Å². The molecule has 0 aliphatic rings. The van der Waals surface area contributed by atoms with E-state index in [-0.39, 0.29) is 6.04 Å². The predicted molar refractivity (Wildman–Crippen MR) is 88.6 cm³/mol. The van der Waals surface area contributed by atoms with E-state index in [0.717, 1.165) is 26.1 Å². The molecular weight excluding hydrogens is 365 g/mol. The Hall–Kier alpha value is -1.57. The molecule has 0 radical (unpaired) electrons. The van der Waals surface area contributed by atoms with Crippen molar-refractivity contribution < 1.29 is 0 Å². The van der Waals surface area contributed by atoms with E-state index in [9.17, 15) is 0 Å². The van der Waals surface area contributed by atoms with Crippen LogP contribution < -0.4 is 5.73 Å². The molecule has 0 aliphatic carbocycles. The molecule has 0 fully saturated rings. The van der Waals surface area contributed by atoms with Crippen LogP contribution in [0.4, 0.5) is 5.82 Å². The second-order valence-electron chi connectivity index (χ2n) is 4.92. The van der Waals surface area contributed by atoms with Gasteiger partial charge in [0, 0.05) is 7.05 Å². The molecule has 0 amide bonds.